The van der Waals surface area contributed by atoms with Gasteiger partial charge in [-0.2, -0.15) is 0 Å². The number of rotatable bonds is 8. The molecule has 1 aliphatic rings. The number of hydrogen-bond donors (Lipinski definition) is 0. The predicted octanol–water partition coefficient (Wildman–Crippen LogP) is 20.0. The highest BCUT2D eigenvalue weighted by Crippen LogP contribution is 2.53. The van der Waals surface area contributed by atoms with E-state index < -0.39 is 0 Å². The lowest BCUT2D eigenvalue weighted by atomic mass is 9.80. The fourth-order valence-electron chi connectivity index (χ4n) is 12.1. The van der Waals surface area contributed by atoms with Crippen molar-refractivity contribution in [1.82, 2.24) is 0 Å². The lowest BCUT2D eigenvalue weighted by molar-refractivity contribution is 0.660. The van der Waals surface area contributed by atoms with Crippen LogP contribution in [0.3, 0.4) is 0 Å². The van der Waals surface area contributed by atoms with Crippen LogP contribution in [0, 0.1) is 0 Å². The Morgan fingerprint density at radius 2 is 0.712 bits per heavy atom. The fourth-order valence-corrected chi connectivity index (χ4v) is 12.1. The average Bonchev–Trinajstić information content (AvgIpc) is 3.67. The van der Waals surface area contributed by atoms with E-state index >= 15 is 0 Å². The topological polar surface area (TPSA) is 6.48 Å². The van der Waals surface area contributed by atoms with Crippen molar-refractivity contribution < 1.29 is 0 Å². The van der Waals surface area contributed by atoms with Crippen molar-refractivity contribution in [2.24, 2.45) is 0 Å². The van der Waals surface area contributed by atoms with Crippen molar-refractivity contribution in [2.45, 2.75) is 19.3 Å². The van der Waals surface area contributed by atoms with Crippen molar-refractivity contribution in [2.75, 3.05) is 9.80 Å². The molecule has 0 heterocycles. The number of para-hydroxylation sites is 2. The molecule has 0 aliphatic heterocycles. The van der Waals surface area contributed by atoms with Crippen molar-refractivity contribution in [3.8, 4) is 33.4 Å². The van der Waals surface area contributed by atoms with Crippen LogP contribution in [0.5, 0.6) is 0 Å². The Labute approximate surface area is 426 Å². The summed E-state index contributed by atoms with van der Waals surface area (Å²) in [6.07, 6.45) is 0. The molecule has 13 aromatic carbocycles. The van der Waals surface area contributed by atoms with Crippen molar-refractivity contribution >= 4 is 88.0 Å². The molecule has 0 bridgehead atoms. The van der Waals surface area contributed by atoms with Gasteiger partial charge in [-0.1, -0.05) is 208 Å². The van der Waals surface area contributed by atoms with Gasteiger partial charge in [0.25, 0.3) is 0 Å². The monoisotopic (exact) mass is 930 g/mol. The van der Waals surface area contributed by atoms with E-state index in [1.165, 1.54) is 98.4 Å². The first-order valence-electron chi connectivity index (χ1n) is 25.4. The maximum atomic E-state index is 2.51. The molecular formula is C71H50N2. The molecule has 0 N–H and O–H groups in total. The zero-order valence-corrected chi connectivity index (χ0v) is 40.8. The second-order valence-electron chi connectivity index (χ2n) is 20.0. The molecule has 2 nitrogen and oxygen atoms in total. The SMILES string of the molecule is CC1(C)c2ccccc2-c2ccc(-c3c4ccc(N(c5ccccc5)c5cccc6ccccc56)cc4c(-c4ccc5ccccc5c4)c4ccc(N(c5ccccc5)c5cccc6ccccc56)cc34)cc21. The van der Waals surface area contributed by atoms with Crippen molar-refractivity contribution in [3.63, 3.8) is 0 Å². The van der Waals surface area contributed by atoms with E-state index in [9.17, 15) is 0 Å². The van der Waals surface area contributed by atoms with Crippen LogP contribution in [0.15, 0.2) is 267 Å². The van der Waals surface area contributed by atoms with E-state index in [0.717, 1.165) is 34.1 Å². The van der Waals surface area contributed by atoms with Gasteiger partial charge < -0.3 is 9.80 Å². The summed E-state index contributed by atoms with van der Waals surface area (Å²) >= 11 is 0. The maximum Gasteiger partial charge on any atom is 0.0540 e. The minimum Gasteiger partial charge on any atom is -0.310 e. The van der Waals surface area contributed by atoms with Gasteiger partial charge in [0.15, 0.2) is 0 Å². The molecule has 14 rings (SSSR count). The van der Waals surface area contributed by atoms with Crippen LogP contribution in [0.4, 0.5) is 34.1 Å². The third-order valence-corrected chi connectivity index (χ3v) is 15.6. The average molecular weight is 931 g/mol. The highest BCUT2D eigenvalue weighted by molar-refractivity contribution is 6.23. The molecule has 0 radical (unpaired) electrons. The molecule has 0 amide bonds. The largest absolute Gasteiger partial charge is 0.310 e. The molecule has 73 heavy (non-hydrogen) atoms. The summed E-state index contributed by atoms with van der Waals surface area (Å²) in [5, 5.41) is 12.0. The van der Waals surface area contributed by atoms with Crippen LogP contribution in [0.1, 0.15) is 25.0 Å². The van der Waals surface area contributed by atoms with E-state index in [1.807, 2.05) is 0 Å². The fraction of sp³-hybridized carbons (Fsp3) is 0.0423. The third kappa shape index (κ3) is 6.94. The molecule has 344 valence electrons. The Balaban J connectivity index is 1.11. The highest BCUT2D eigenvalue weighted by atomic mass is 15.1. The van der Waals surface area contributed by atoms with Crippen LogP contribution in [0.2, 0.25) is 0 Å². The molecule has 0 spiro atoms. The summed E-state index contributed by atoms with van der Waals surface area (Å²) in [5.74, 6) is 0. The van der Waals surface area contributed by atoms with E-state index in [0.29, 0.717) is 0 Å². The van der Waals surface area contributed by atoms with E-state index in [4.69, 9.17) is 0 Å². The molecule has 0 saturated carbocycles. The zero-order chi connectivity index (χ0) is 48.6. The second kappa shape index (κ2) is 17.0. The molecule has 0 aromatic heterocycles. The van der Waals surface area contributed by atoms with E-state index in [1.54, 1.807) is 0 Å². The summed E-state index contributed by atoms with van der Waals surface area (Å²) < 4.78 is 0. The molecule has 0 atom stereocenters. The Bertz CT molecular complexity index is 4290. The molecule has 0 saturated heterocycles. The minimum absolute atomic E-state index is 0.177. The van der Waals surface area contributed by atoms with Gasteiger partial charge in [0.05, 0.1) is 11.4 Å². The van der Waals surface area contributed by atoms with Gasteiger partial charge in [-0.15, -0.1) is 0 Å². The normalized spacial score (nSPS) is 12.6. The number of hydrogen-bond acceptors (Lipinski definition) is 2. The summed E-state index contributed by atoms with van der Waals surface area (Å²) in [4.78, 5) is 4.88. The van der Waals surface area contributed by atoms with Gasteiger partial charge in [-0.25, -0.2) is 0 Å². The van der Waals surface area contributed by atoms with Crippen LogP contribution in [0.25, 0.3) is 87.2 Å². The summed E-state index contributed by atoms with van der Waals surface area (Å²) in [6.45, 7) is 4.77. The summed E-state index contributed by atoms with van der Waals surface area (Å²) in [6, 6.07) is 98.9. The molecule has 13 aromatic rings. The van der Waals surface area contributed by atoms with Crippen molar-refractivity contribution in [1.29, 1.82) is 0 Å². The Kier molecular flexibility index (Phi) is 9.91. The van der Waals surface area contributed by atoms with Gasteiger partial charge in [0.2, 0.25) is 0 Å². The van der Waals surface area contributed by atoms with E-state index in [2.05, 4.69) is 291 Å². The third-order valence-electron chi connectivity index (χ3n) is 15.6. The Hall–Kier alpha value is -9.24. The van der Waals surface area contributed by atoms with Gasteiger partial charge >= 0.3 is 0 Å². The number of benzene rings is 13. The lowest BCUT2D eigenvalue weighted by Gasteiger charge is -2.29. The standard InChI is InChI=1S/C71H50N2/c1-71(2)65-32-16-15-31-59(65)60-40-37-52(44-66(60)71)70-62-42-39-55(72(53-25-5-3-6-26-53)67-33-17-23-48-20-11-13-29-57(48)67)45-63(62)69(51-36-35-47-19-9-10-22-50(47)43-51)61-41-38-56(46-64(61)70)73(54-27-7-4-8-28-54)68-34-18-24-49-21-12-14-30-58(49)68/h3-46H,1-2H3. The molecule has 2 heteroatoms. The van der Waals surface area contributed by atoms with Crippen LogP contribution >= 0.6 is 0 Å². The Morgan fingerprint density at radius 3 is 1.30 bits per heavy atom. The summed E-state index contributed by atoms with van der Waals surface area (Å²) in [5.41, 5.74) is 16.7. The van der Waals surface area contributed by atoms with Gasteiger partial charge in [-0.05, 0) is 160 Å². The van der Waals surface area contributed by atoms with Gasteiger partial charge in [-0.3, -0.25) is 0 Å². The quantitative estimate of drug-likeness (QED) is 0.140. The number of nitrogens with zero attached hydrogens (tertiary/aromatic N) is 2. The minimum atomic E-state index is -0.177. The molecule has 0 unspecified atom stereocenters. The van der Waals surface area contributed by atoms with E-state index in [-0.39, 0.29) is 5.41 Å². The number of anilines is 6. The summed E-state index contributed by atoms with van der Waals surface area (Å²) in [7, 11) is 0. The first-order chi connectivity index (χ1) is 36.0. The number of fused-ring (bicyclic) bond motifs is 8. The maximum absolute atomic E-state index is 2.51. The second-order valence-corrected chi connectivity index (χ2v) is 20.0. The molecular weight excluding hydrogens is 881 g/mol. The Morgan fingerprint density at radius 1 is 0.260 bits per heavy atom. The van der Waals surface area contributed by atoms with Crippen LogP contribution < -0.4 is 9.80 Å². The van der Waals surface area contributed by atoms with Crippen molar-refractivity contribution in [3.05, 3.63) is 278 Å². The zero-order valence-electron chi connectivity index (χ0n) is 40.8. The first-order valence-corrected chi connectivity index (χ1v) is 25.4. The van der Waals surface area contributed by atoms with Gasteiger partial charge in [0.1, 0.15) is 0 Å². The van der Waals surface area contributed by atoms with Gasteiger partial charge in [0, 0.05) is 38.9 Å². The predicted molar refractivity (Wildman–Crippen MR) is 312 cm³/mol. The molecule has 1 aliphatic carbocycles. The lowest BCUT2D eigenvalue weighted by Crippen LogP contribution is -2.14. The highest BCUT2D eigenvalue weighted by Gasteiger charge is 2.36. The molecule has 0 fully saturated rings. The smallest absolute Gasteiger partial charge is 0.0540 e. The van der Waals surface area contributed by atoms with Crippen LogP contribution in [-0.4, -0.2) is 0 Å². The first kappa shape index (κ1) is 42.6. The van der Waals surface area contributed by atoms with Crippen LogP contribution in [-0.2, 0) is 5.41 Å².